The Kier molecular flexibility index (Phi) is 3.26. The number of nitrogens with two attached hydrogens (primary N) is 2. The van der Waals surface area contributed by atoms with E-state index in [4.69, 9.17) is 11.5 Å². The molecule has 4 N–H and O–H groups in total. The molecule has 2 aliphatic rings. The van der Waals surface area contributed by atoms with E-state index in [1.165, 1.54) is 32.4 Å². The summed E-state index contributed by atoms with van der Waals surface area (Å²) in [5.74, 6) is 1.44. The van der Waals surface area contributed by atoms with Gasteiger partial charge < -0.3 is 16.4 Å². The fourth-order valence-electron chi connectivity index (χ4n) is 2.98. The molecule has 1 aliphatic heterocycles. The van der Waals surface area contributed by atoms with Crippen molar-refractivity contribution in [3.8, 4) is 0 Å². The SMILES string of the molecule is NC(=O)C(N)CCN1CC2CCCC2C1. The van der Waals surface area contributed by atoms with E-state index in [-0.39, 0.29) is 5.91 Å². The van der Waals surface area contributed by atoms with Gasteiger partial charge in [0.05, 0.1) is 6.04 Å². The van der Waals surface area contributed by atoms with Crippen LogP contribution in [0.15, 0.2) is 0 Å². The molecular weight excluding hydrogens is 190 g/mol. The smallest absolute Gasteiger partial charge is 0.234 e. The van der Waals surface area contributed by atoms with Gasteiger partial charge in [-0.2, -0.15) is 0 Å². The van der Waals surface area contributed by atoms with Crippen LogP contribution in [0.5, 0.6) is 0 Å². The van der Waals surface area contributed by atoms with Crippen LogP contribution in [0, 0.1) is 11.8 Å². The lowest BCUT2D eigenvalue weighted by atomic mass is 10.0. The number of primary amides is 1. The number of nitrogens with zero attached hydrogens (tertiary/aromatic N) is 1. The van der Waals surface area contributed by atoms with Crippen LogP contribution in [0.3, 0.4) is 0 Å². The molecule has 86 valence electrons. The Balaban J connectivity index is 1.71. The molecule has 3 unspecified atom stereocenters. The number of hydrogen-bond acceptors (Lipinski definition) is 3. The highest BCUT2D eigenvalue weighted by molar-refractivity contribution is 5.79. The summed E-state index contributed by atoms with van der Waals surface area (Å²) in [5, 5.41) is 0. The molecule has 0 spiro atoms. The molecule has 4 heteroatoms. The third-order valence-electron chi connectivity index (χ3n) is 3.92. The summed E-state index contributed by atoms with van der Waals surface area (Å²) in [7, 11) is 0. The molecule has 1 heterocycles. The molecule has 0 aromatic rings. The first-order chi connectivity index (χ1) is 7.16. The number of carbonyl (C=O) groups is 1. The average molecular weight is 211 g/mol. The second-order valence-electron chi connectivity index (χ2n) is 5.01. The number of hydrogen-bond donors (Lipinski definition) is 2. The largest absolute Gasteiger partial charge is 0.368 e. The minimum atomic E-state index is -0.467. The van der Waals surface area contributed by atoms with Gasteiger partial charge >= 0.3 is 0 Å². The van der Waals surface area contributed by atoms with Crippen molar-refractivity contribution in [2.24, 2.45) is 23.3 Å². The first-order valence-corrected chi connectivity index (χ1v) is 5.94. The molecule has 0 aromatic carbocycles. The molecule has 3 atom stereocenters. The standard InChI is InChI=1S/C11H21N3O/c12-10(11(13)15)4-5-14-6-8-2-1-3-9(8)7-14/h8-10H,1-7,12H2,(H2,13,15). The van der Waals surface area contributed by atoms with E-state index in [1.54, 1.807) is 0 Å². The van der Waals surface area contributed by atoms with Crippen molar-refractivity contribution in [1.82, 2.24) is 4.90 Å². The molecule has 2 fully saturated rings. The summed E-state index contributed by atoms with van der Waals surface area (Å²) >= 11 is 0. The van der Waals surface area contributed by atoms with Crippen LogP contribution in [-0.2, 0) is 4.79 Å². The molecule has 1 aliphatic carbocycles. The molecule has 0 radical (unpaired) electrons. The molecule has 1 saturated heterocycles. The van der Waals surface area contributed by atoms with Crippen molar-refractivity contribution < 1.29 is 4.79 Å². The molecule has 15 heavy (non-hydrogen) atoms. The minimum Gasteiger partial charge on any atom is -0.368 e. The fraction of sp³-hybridized carbons (Fsp3) is 0.909. The summed E-state index contributed by atoms with van der Waals surface area (Å²) in [6, 6.07) is -0.467. The zero-order chi connectivity index (χ0) is 10.8. The Labute approximate surface area is 91.0 Å². The lowest BCUT2D eigenvalue weighted by molar-refractivity contribution is -0.119. The Hall–Kier alpha value is -0.610. The van der Waals surface area contributed by atoms with Gasteiger partial charge in [-0.3, -0.25) is 4.79 Å². The van der Waals surface area contributed by atoms with Crippen molar-refractivity contribution >= 4 is 5.91 Å². The third kappa shape index (κ3) is 2.49. The van der Waals surface area contributed by atoms with Gasteiger partial charge in [-0.25, -0.2) is 0 Å². The first kappa shape index (κ1) is 10.9. The van der Waals surface area contributed by atoms with E-state index in [1.807, 2.05) is 0 Å². The monoisotopic (exact) mass is 211 g/mol. The van der Waals surface area contributed by atoms with Gasteiger partial charge in [-0.1, -0.05) is 6.42 Å². The summed E-state index contributed by atoms with van der Waals surface area (Å²) in [6.07, 6.45) is 4.89. The molecule has 2 rings (SSSR count). The maximum absolute atomic E-state index is 10.8. The highest BCUT2D eigenvalue weighted by Crippen LogP contribution is 2.37. The lowest BCUT2D eigenvalue weighted by Crippen LogP contribution is -2.39. The molecular formula is C11H21N3O. The normalized spacial score (nSPS) is 32.9. The highest BCUT2D eigenvalue weighted by atomic mass is 16.1. The molecule has 0 bridgehead atoms. The second-order valence-corrected chi connectivity index (χ2v) is 5.01. The minimum absolute atomic E-state index is 0.380. The van der Waals surface area contributed by atoms with Crippen LogP contribution >= 0.6 is 0 Å². The van der Waals surface area contributed by atoms with Crippen molar-refractivity contribution in [1.29, 1.82) is 0 Å². The van der Waals surface area contributed by atoms with Crippen molar-refractivity contribution in [3.05, 3.63) is 0 Å². The average Bonchev–Trinajstić information content (AvgIpc) is 2.72. The van der Waals surface area contributed by atoms with Crippen molar-refractivity contribution in [2.75, 3.05) is 19.6 Å². The van der Waals surface area contributed by atoms with Gasteiger partial charge in [-0.05, 0) is 31.1 Å². The van der Waals surface area contributed by atoms with E-state index in [9.17, 15) is 4.79 Å². The van der Waals surface area contributed by atoms with Gasteiger partial charge in [-0.15, -0.1) is 0 Å². The third-order valence-corrected chi connectivity index (χ3v) is 3.92. The zero-order valence-corrected chi connectivity index (χ0v) is 9.19. The predicted molar refractivity (Wildman–Crippen MR) is 59.1 cm³/mol. The van der Waals surface area contributed by atoms with Crippen LogP contribution in [0.4, 0.5) is 0 Å². The van der Waals surface area contributed by atoms with E-state index < -0.39 is 6.04 Å². The van der Waals surface area contributed by atoms with E-state index in [0.29, 0.717) is 6.42 Å². The Morgan fingerprint density at radius 1 is 1.33 bits per heavy atom. The van der Waals surface area contributed by atoms with Crippen molar-refractivity contribution in [3.63, 3.8) is 0 Å². The van der Waals surface area contributed by atoms with Crippen LogP contribution in [0.25, 0.3) is 0 Å². The van der Waals surface area contributed by atoms with Crippen LogP contribution in [0.1, 0.15) is 25.7 Å². The highest BCUT2D eigenvalue weighted by Gasteiger charge is 2.35. The summed E-state index contributed by atoms with van der Waals surface area (Å²) in [5.41, 5.74) is 10.7. The summed E-state index contributed by atoms with van der Waals surface area (Å²) in [6.45, 7) is 3.34. The summed E-state index contributed by atoms with van der Waals surface area (Å²) < 4.78 is 0. The topological polar surface area (TPSA) is 72.3 Å². The lowest BCUT2D eigenvalue weighted by Gasteiger charge is -2.18. The van der Waals surface area contributed by atoms with E-state index >= 15 is 0 Å². The van der Waals surface area contributed by atoms with E-state index in [2.05, 4.69) is 4.90 Å². The number of likely N-dealkylation sites (tertiary alicyclic amines) is 1. The summed E-state index contributed by atoms with van der Waals surface area (Å²) in [4.78, 5) is 13.2. The van der Waals surface area contributed by atoms with Gasteiger partial charge in [0.15, 0.2) is 0 Å². The molecule has 1 amide bonds. The predicted octanol–water partition coefficient (Wildman–Crippen LogP) is -0.0790. The van der Waals surface area contributed by atoms with Gasteiger partial charge in [0.25, 0.3) is 0 Å². The quantitative estimate of drug-likeness (QED) is 0.683. The van der Waals surface area contributed by atoms with Gasteiger partial charge in [0.2, 0.25) is 5.91 Å². The number of carbonyl (C=O) groups excluding carboxylic acids is 1. The van der Waals surface area contributed by atoms with Gasteiger partial charge in [0, 0.05) is 19.6 Å². The Morgan fingerprint density at radius 2 is 1.93 bits per heavy atom. The maximum atomic E-state index is 10.8. The molecule has 0 aromatic heterocycles. The maximum Gasteiger partial charge on any atom is 0.234 e. The molecule has 1 saturated carbocycles. The van der Waals surface area contributed by atoms with Crippen molar-refractivity contribution in [2.45, 2.75) is 31.7 Å². The Bertz CT molecular complexity index is 232. The van der Waals surface area contributed by atoms with Crippen LogP contribution < -0.4 is 11.5 Å². The first-order valence-electron chi connectivity index (χ1n) is 5.94. The fourth-order valence-corrected chi connectivity index (χ4v) is 2.98. The van der Waals surface area contributed by atoms with Gasteiger partial charge in [0.1, 0.15) is 0 Å². The van der Waals surface area contributed by atoms with Crippen LogP contribution in [-0.4, -0.2) is 36.5 Å². The Morgan fingerprint density at radius 3 is 2.47 bits per heavy atom. The zero-order valence-electron chi connectivity index (χ0n) is 9.19. The molecule has 4 nitrogen and oxygen atoms in total. The number of amides is 1. The number of fused-ring (bicyclic) bond motifs is 1. The number of rotatable bonds is 4. The van der Waals surface area contributed by atoms with E-state index in [0.717, 1.165) is 18.4 Å². The van der Waals surface area contributed by atoms with Crippen LogP contribution in [0.2, 0.25) is 0 Å². The second kappa shape index (κ2) is 4.49.